The molecule has 0 fully saturated rings. The third kappa shape index (κ3) is 3.22. The standard InChI is InChI=1S/C13H26N4O3SSi/c1-13(2,3)22(5,6)16-21(14,18)11-7-15-17-8-10(19-4)9-20-12(11)17/h7,10H,8-9H2,1-6H3,(H2,14,16,18)/t10-,21?/m1/s1. The summed E-state index contributed by atoms with van der Waals surface area (Å²) >= 11 is 0. The third-order valence-electron chi connectivity index (χ3n) is 4.39. The van der Waals surface area contributed by atoms with Crippen LogP contribution in [0.15, 0.2) is 15.1 Å². The fourth-order valence-corrected chi connectivity index (χ4v) is 6.73. The maximum absolute atomic E-state index is 13.0. The second-order valence-corrected chi connectivity index (χ2v) is 14.1. The fourth-order valence-electron chi connectivity index (χ4n) is 1.92. The van der Waals surface area contributed by atoms with E-state index in [1.54, 1.807) is 11.8 Å². The van der Waals surface area contributed by atoms with Gasteiger partial charge in [0.05, 0.1) is 12.7 Å². The summed E-state index contributed by atoms with van der Waals surface area (Å²) in [5, 5.41) is 10.3. The van der Waals surface area contributed by atoms with Crippen LogP contribution in [0, 0.1) is 0 Å². The predicted octanol–water partition coefficient (Wildman–Crippen LogP) is 2.00. The predicted molar refractivity (Wildman–Crippen MR) is 88.7 cm³/mol. The molecule has 0 amide bonds. The van der Waals surface area contributed by atoms with Crippen molar-refractivity contribution in [2.24, 2.45) is 9.17 Å². The van der Waals surface area contributed by atoms with Gasteiger partial charge in [-0.3, -0.25) is 4.03 Å². The summed E-state index contributed by atoms with van der Waals surface area (Å²) in [5.74, 6) is 0.447. The molecular weight excluding hydrogens is 320 g/mol. The molecule has 2 rings (SSSR count). The molecule has 0 spiro atoms. The van der Waals surface area contributed by atoms with Gasteiger partial charge in [0.15, 0.2) is 8.24 Å². The summed E-state index contributed by atoms with van der Waals surface area (Å²) in [6.07, 6.45) is 1.44. The smallest absolute Gasteiger partial charge is 0.230 e. The molecule has 0 saturated heterocycles. The van der Waals surface area contributed by atoms with Crippen LogP contribution in [-0.4, -0.2) is 42.0 Å². The molecule has 2 N–H and O–H groups in total. The van der Waals surface area contributed by atoms with Crippen molar-refractivity contribution in [2.45, 2.75) is 56.4 Å². The summed E-state index contributed by atoms with van der Waals surface area (Å²) in [4.78, 5) is 0.381. The van der Waals surface area contributed by atoms with Crippen LogP contribution in [0.5, 0.6) is 5.88 Å². The Hall–Kier alpha value is -0.903. The van der Waals surface area contributed by atoms with Gasteiger partial charge in [0.25, 0.3) is 0 Å². The molecule has 22 heavy (non-hydrogen) atoms. The molecule has 9 heteroatoms. The van der Waals surface area contributed by atoms with Crippen LogP contribution in [0.25, 0.3) is 0 Å². The molecule has 0 radical (unpaired) electrons. The Bertz CT molecular complexity index is 671. The van der Waals surface area contributed by atoms with Crippen LogP contribution in [0.2, 0.25) is 18.1 Å². The van der Waals surface area contributed by atoms with Gasteiger partial charge in [0.1, 0.15) is 27.5 Å². The van der Waals surface area contributed by atoms with E-state index in [0.29, 0.717) is 23.9 Å². The van der Waals surface area contributed by atoms with E-state index >= 15 is 0 Å². The third-order valence-corrected chi connectivity index (χ3v) is 11.9. The van der Waals surface area contributed by atoms with E-state index in [1.807, 2.05) is 0 Å². The number of fused-ring (bicyclic) bond motifs is 1. The molecule has 1 aromatic rings. The van der Waals surface area contributed by atoms with Crippen molar-refractivity contribution in [3.63, 3.8) is 0 Å². The Labute approximate surface area is 133 Å². The Balaban J connectivity index is 2.45. The number of nitrogens with zero attached hydrogens (tertiary/aromatic N) is 3. The van der Waals surface area contributed by atoms with Crippen molar-refractivity contribution >= 4 is 18.2 Å². The van der Waals surface area contributed by atoms with E-state index in [2.05, 4.69) is 43.0 Å². The van der Waals surface area contributed by atoms with E-state index < -0.39 is 18.2 Å². The first-order valence-electron chi connectivity index (χ1n) is 7.25. The zero-order chi connectivity index (χ0) is 16.8. The number of hydrogen-bond donors (Lipinski definition) is 1. The minimum absolute atomic E-state index is 0.0374. The first-order chi connectivity index (χ1) is 9.98. The Morgan fingerprint density at radius 1 is 1.55 bits per heavy atom. The summed E-state index contributed by atoms with van der Waals surface area (Å²) in [6, 6.07) is 0. The number of rotatable bonds is 3. The highest BCUT2D eigenvalue weighted by atomic mass is 32.2. The van der Waals surface area contributed by atoms with Crippen molar-refractivity contribution in [3.8, 4) is 5.88 Å². The lowest BCUT2D eigenvalue weighted by molar-refractivity contribution is 0.0165. The minimum Gasteiger partial charge on any atom is -0.474 e. The first kappa shape index (κ1) is 17.5. The maximum Gasteiger partial charge on any atom is 0.230 e. The molecule has 1 unspecified atom stereocenters. The molecule has 2 atom stereocenters. The number of methoxy groups -OCH3 is 1. The zero-order valence-corrected chi connectivity index (χ0v) is 15.9. The van der Waals surface area contributed by atoms with Gasteiger partial charge in [-0.05, 0) is 18.1 Å². The van der Waals surface area contributed by atoms with E-state index in [1.165, 1.54) is 6.20 Å². The summed E-state index contributed by atoms with van der Waals surface area (Å²) in [7, 11) is -3.56. The topological polar surface area (TPSA) is 91.7 Å². The van der Waals surface area contributed by atoms with Crippen LogP contribution in [-0.2, 0) is 21.2 Å². The van der Waals surface area contributed by atoms with Gasteiger partial charge in [-0.15, -0.1) is 0 Å². The van der Waals surface area contributed by atoms with Crippen LogP contribution < -0.4 is 9.88 Å². The van der Waals surface area contributed by atoms with Gasteiger partial charge in [-0.1, -0.05) is 20.8 Å². The highest BCUT2D eigenvalue weighted by Crippen LogP contribution is 2.38. The monoisotopic (exact) mass is 346 g/mol. The van der Waals surface area contributed by atoms with Crippen LogP contribution in [0.4, 0.5) is 0 Å². The van der Waals surface area contributed by atoms with E-state index in [4.69, 9.17) is 14.6 Å². The summed E-state index contributed by atoms with van der Waals surface area (Å²) in [5.41, 5.74) is 0. The average Bonchev–Trinajstić information content (AvgIpc) is 2.79. The van der Waals surface area contributed by atoms with E-state index in [0.717, 1.165) is 0 Å². The van der Waals surface area contributed by atoms with Crippen molar-refractivity contribution in [1.29, 1.82) is 0 Å². The molecule has 0 bridgehead atoms. The number of aromatic nitrogens is 2. The van der Waals surface area contributed by atoms with E-state index in [9.17, 15) is 4.21 Å². The van der Waals surface area contributed by atoms with Crippen molar-refractivity contribution in [2.75, 3.05) is 13.7 Å². The molecule has 2 heterocycles. The SMILES string of the molecule is CO[C@H]1COc2c(S(N)(=O)=N[Si](C)(C)C(C)(C)C)cnn2C1. The van der Waals surface area contributed by atoms with Crippen LogP contribution in [0.1, 0.15) is 20.8 Å². The highest BCUT2D eigenvalue weighted by molar-refractivity contribution is 7.92. The van der Waals surface area contributed by atoms with Crippen LogP contribution >= 0.6 is 0 Å². The zero-order valence-electron chi connectivity index (χ0n) is 14.1. The quantitative estimate of drug-likeness (QED) is 0.847. The Morgan fingerprint density at radius 2 is 2.18 bits per heavy atom. The van der Waals surface area contributed by atoms with Gasteiger partial charge in [-0.2, -0.15) is 5.10 Å². The lowest BCUT2D eigenvalue weighted by Gasteiger charge is -2.32. The van der Waals surface area contributed by atoms with E-state index in [-0.39, 0.29) is 11.1 Å². The lowest BCUT2D eigenvalue weighted by atomic mass is 10.2. The van der Waals surface area contributed by atoms with Crippen molar-refractivity contribution in [3.05, 3.63) is 6.20 Å². The first-order valence-corrected chi connectivity index (χ1v) is 11.8. The largest absolute Gasteiger partial charge is 0.474 e. The fraction of sp³-hybridized carbons (Fsp3) is 0.769. The second-order valence-electron chi connectivity index (χ2n) is 7.13. The van der Waals surface area contributed by atoms with Crippen molar-refractivity contribution < 1.29 is 13.7 Å². The molecule has 7 nitrogen and oxygen atoms in total. The molecule has 0 aliphatic carbocycles. The van der Waals surface area contributed by atoms with Crippen LogP contribution in [0.3, 0.4) is 0 Å². The lowest BCUT2D eigenvalue weighted by Crippen LogP contribution is -2.38. The summed E-state index contributed by atoms with van der Waals surface area (Å²) < 4.78 is 30.2. The maximum atomic E-state index is 13.0. The molecule has 1 aromatic heterocycles. The number of ether oxygens (including phenoxy) is 2. The molecule has 126 valence electrons. The number of nitrogens with two attached hydrogens (primary N) is 1. The van der Waals surface area contributed by atoms with Gasteiger partial charge in [-0.25, -0.2) is 14.0 Å². The molecule has 1 aliphatic heterocycles. The summed E-state index contributed by atoms with van der Waals surface area (Å²) in [6.45, 7) is 11.4. The Kier molecular flexibility index (Phi) is 4.46. The van der Waals surface area contributed by atoms with Crippen molar-refractivity contribution in [1.82, 2.24) is 9.78 Å². The second kappa shape index (κ2) is 5.62. The average molecular weight is 347 g/mol. The van der Waals surface area contributed by atoms with Gasteiger partial charge >= 0.3 is 0 Å². The van der Waals surface area contributed by atoms with Gasteiger partial charge in [0.2, 0.25) is 5.88 Å². The van der Waals surface area contributed by atoms with Gasteiger partial charge in [0, 0.05) is 7.11 Å². The molecule has 1 aliphatic rings. The normalized spacial score (nSPS) is 21.7. The minimum atomic E-state index is -3.04. The molecular formula is C13H26N4O3SSi. The Morgan fingerprint density at radius 3 is 2.73 bits per heavy atom. The highest BCUT2D eigenvalue weighted by Gasteiger charge is 2.38. The van der Waals surface area contributed by atoms with Gasteiger partial charge < -0.3 is 9.47 Å². The molecule has 0 aromatic carbocycles. The molecule has 0 saturated carbocycles. The number of hydrogen-bond acceptors (Lipinski definition) is 5.